The van der Waals surface area contributed by atoms with E-state index in [1.54, 1.807) is 32.9 Å². The lowest BCUT2D eigenvalue weighted by Gasteiger charge is -2.35. The molecule has 0 bridgehead atoms. The van der Waals surface area contributed by atoms with Gasteiger partial charge < -0.3 is 10.8 Å². The fourth-order valence-electron chi connectivity index (χ4n) is 2.73. The first-order valence-corrected chi connectivity index (χ1v) is 8.17. The molecule has 0 saturated carbocycles. The molecule has 5 nitrogen and oxygen atoms in total. The molecule has 3 N–H and O–H groups in total. The van der Waals surface area contributed by atoms with Crippen LogP contribution in [0.25, 0.3) is 0 Å². The monoisotopic (exact) mass is 298 g/mol. The van der Waals surface area contributed by atoms with E-state index >= 15 is 0 Å². The summed E-state index contributed by atoms with van der Waals surface area (Å²) in [5, 5.41) is 9.94. The van der Waals surface area contributed by atoms with Crippen molar-refractivity contribution in [2.45, 2.75) is 44.1 Å². The minimum Gasteiger partial charge on any atom is -0.399 e. The molecule has 0 aromatic heterocycles. The van der Waals surface area contributed by atoms with E-state index in [0.29, 0.717) is 47.6 Å². The number of rotatable bonds is 2. The third-order valence-electron chi connectivity index (χ3n) is 3.88. The van der Waals surface area contributed by atoms with E-state index < -0.39 is 15.6 Å². The van der Waals surface area contributed by atoms with Crippen LogP contribution in [0.1, 0.15) is 30.9 Å². The minimum atomic E-state index is -3.52. The Morgan fingerprint density at radius 3 is 2.10 bits per heavy atom. The molecule has 0 unspecified atom stereocenters. The van der Waals surface area contributed by atoms with Crippen LogP contribution in [0.3, 0.4) is 0 Å². The van der Waals surface area contributed by atoms with E-state index in [9.17, 15) is 13.5 Å². The highest BCUT2D eigenvalue weighted by Gasteiger charge is 2.35. The van der Waals surface area contributed by atoms with Gasteiger partial charge in [-0.3, -0.25) is 0 Å². The average molecular weight is 298 g/mol. The molecule has 0 atom stereocenters. The van der Waals surface area contributed by atoms with Gasteiger partial charge in [0.1, 0.15) is 0 Å². The van der Waals surface area contributed by atoms with Gasteiger partial charge in [0.2, 0.25) is 10.0 Å². The molecular weight excluding hydrogens is 276 g/mol. The van der Waals surface area contributed by atoms with Crippen LogP contribution >= 0.6 is 0 Å². The highest BCUT2D eigenvalue weighted by molar-refractivity contribution is 7.89. The third-order valence-corrected chi connectivity index (χ3v) is 6.08. The molecule has 1 aliphatic heterocycles. The number of aryl methyl sites for hydroxylation is 2. The summed E-state index contributed by atoms with van der Waals surface area (Å²) in [6.07, 6.45) is 0.915. The van der Waals surface area contributed by atoms with E-state index in [1.807, 2.05) is 0 Å². The first-order chi connectivity index (χ1) is 9.13. The molecule has 1 heterocycles. The number of benzene rings is 1. The van der Waals surface area contributed by atoms with Crippen molar-refractivity contribution in [2.24, 2.45) is 0 Å². The average Bonchev–Trinajstić information content (AvgIpc) is 2.26. The maximum Gasteiger partial charge on any atom is 0.243 e. The second kappa shape index (κ2) is 5.02. The van der Waals surface area contributed by atoms with Crippen molar-refractivity contribution in [1.29, 1.82) is 0 Å². The van der Waals surface area contributed by atoms with Crippen molar-refractivity contribution in [3.8, 4) is 0 Å². The summed E-state index contributed by atoms with van der Waals surface area (Å²) in [6, 6.07) is 3.36. The van der Waals surface area contributed by atoms with Gasteiger partial charge in [0.15, 0.2) is 0 Å². The van der Waals surface area contributed by atoms with Crippen molar-refractivity contribution >= 4 is 15.7 Å². The Morgan fingerprint density at radius 2 is 1.65 bits per heavy atom. The van der Waals surface area contributed by atoms with Crippen molar-refractivity contribution in [3.63, 3.8) is 0 Å². The Bertz CT molecular complexity index is 590. The smallest absolute Gasteiger partial charge is 0.243 e. The van der Waals surface area contributed by atoms with Gasteiger partial charge in [-0.1, -0.05) is 0 Å². The minimum absolute atomic E-state index is 0.341. The molecule has 112 valence electrons. The predicted octanol–water partition coefficient (Wildman–Crippen LogP) is 1.42. The summed E-state index contributed by atoms with van der Waals surface area (Å²) in [5.74, 6) is 0. The summed E-state index contributed by atoms with van der Waals surface area (Å²) in [7, 11) is -3.52. The fraction of sp³-hybridized carbons (Fsp3) is 0.571. The summed E-state index contributed by atoms with van der Waals surface area (Å²) < 4.78 is 27.0. The van der Waals surface area contributed by atoms with Crippen molar-refractivity contribution in [1.82, 2.24) is 4.31 Å². The Morgan fingerprint density at radius 1 is 1.20 bits per heavy atom. The molecule has 0 aliphatic carbocycles. The highest BCUT2D eigenvalue weighted by Crippen LogP contribution is 2.30. The molecular formula is C14H22N2O3S. The number of hydrogen-bond donors (Lipinski definition) is 2. The van der Waals surface area contributed by atoms with Crippen molar-refractivity contribution in [3.05, 3.63) is 23.3 Å². The lowest BCUT2D eigenvalue weighted by molar-refractivity contribution is 0.0126. The SMILES string of the molecule is Cc1cc(N)cc(C)c1S(=O)(=O)N1CCC(C)(O)CC1. The van der Waals surface area contributed by atoms with Crippen LogP contribution in [0.15, 0.2) is 17.0 Å². The molecule has 1 aromatic rings. The van der Waals surface area contributed by atoms with Crippen LogP contribution in [-0.2, 0) is 10.0 Å². The maximum atomic E-state index is 12.8. The number of nitrogens with zero attached hydrogens (tertiary/aromatic N) is 1. The van der Waals surface area contributed by atoms with E-state index in [2.05, 4.69) is 0 Å². The van der Waals surface area contributed by atoms with E-state index in [0.717, 1.165) is 0 Å². The Labute approximate surface area is 120 Å². The predicted molar refractivity (Wildman–Crippen MR) is 78.9 cm³/mol. The molecule has 20 heavy (non-hydrogen) atoms. The number of anilines is 1. The topological polar surface area (TPSA) is 83.6 Å². The van der Waals surface area contributed by atoms with E-state index in [1.165, 1.54) is 4.31 Å². The standard InChI is InChI=1S/C14H22N2O3S/c1-10-8-12(15)9-11(2)13(10)20(18,19)16-6-4-14(3,17)5-7-16/h8-9,17H,4-7,15H2,1-3H3. The Balaban J connectivity index is 2.37. The van der Waals surface area contributed by atoms with Crippen LogP contribution in [-0.4, -0.2) is 36.5 Å². The molecule has 0 radical (unpaired) electrons. The molecule has 1 saturated heterocycles. The number of piperidine rings is 1. The number of nitrogens with two attached hydrogens (primary N) is 1. The second-order valence-electron chi connectivity index (χ2n) is 5.88. The first kappa shape index (κ1) is 15.3. The molecule has 6 heteroatoms. The van der Waals surface area contributed by atoms with Crippen molar-refractivity contribution in [2.75, 3.05) is 18.8 Å². The van der Waals surface area contributed by atoms with Crippen LogP contribution < -0.4 is 5.73 Å². The number of nitrogen functional groups attached to an aromatic ring is 1. The molecule has 1 aliphatic rings. The van der Waals surface area contributed by atoms with Gasteiger partial charge in [0.05, 0.1) is 10.5 Å². The number of sulfonamides is 1. The number of hydrogen-bond acceptors (Lipinski definition) is 4. The Kier molecular flexibility index (Phi) is 3.83. The number of aliphatic hydroxyl groups is 1. The van der Waals surface area contributed by atoms with E-state index in [4.69, 9.17) is 5.73 Å². The van der Waals surface area contributed by atoms with Gasteiger partial charge >= 0.3 is 0 Å². The molecule has 1 fully saturated rings. The largest absolute Gasteiger partial charge is 0.399 e. The zero-order chi connectivity index (χ0) is 15.1. The normalized spacial score (nSPS) is 20.0. The van der Waals surface area contributed by atoms with Crippen LogP contribution in [0.4, 0.5) is 5.69 Å². The Hall–Kier alpha value is -1.11. The first-order valence-electron chi connectivity index (χ1n) is 6.73. The van der Waals surface area contributed by atoms with Gasteiger partial charge in [0.25, 0.3) is 0 Å². The van der Waals surface area contributed by atoms with Crippen LogP contribution in [0, 0.1) is 13.8 Å². The second-order valence-corrected chi connectivity index (χ2v) is 7.76. The third kappa shape index (κ3) is 2.82. The van der Waals surface area contributed by atoms with Gasteiger partial charge in [0, 0.05) is 18.8 Å². The lowest BCUT2D eigenvalue weighted by atomic mass is 9.95. The molecule has 0 amide bonds. The highest BCUT2D eigenvalue weighted by atomic mass is 32.2. The molecule has 2 rings (SSSR count). The summed E-state index contributed by atoms with van der Waals surface area (Å²) in [5.41, 5.74) is 6.88. The summed E-state index contributed by atoms with van der Waals surface area (Å²) in [4.78, 5) is 0.341. The summed E-state index contributed by atoms with van der Waals surface area (Å²) in [6.45, 7) is 5.96. The molecule has 0 spiro atoms. The van der Waals surface area contributed by atoms with Gasteiger partial charge in [-0.15, -0.1) is 0 Å². The quantitative estimate of drug-likeness (QED) is 0.809. The fourth-order valence-corrected chi connectivity index (χ4v) is 4.58. The van der Waals surface area contributed by atoms with E-state index in [-0.39, 0.29) is 0 Å². The van der Waals surface area contributed by atoms with Gasteiger partial charge in [-0.25, -0.2) is 8.42 Å². The lowest BCUT2D eigenvalue weighted by Crippen LogP contribution is -2.45. The maximum absolute atomic E-state index is 12.8. The van der Waals surface area contributed by atoms with Crippen molar-refractivity contribution < 1.29 is 13.5 Å². The zero-order valence-electron chi connectivity index (χ0n) is 12.2. The summed E-state index contributed by atoms with van der Waals surface area (Å²) >= 11 is 0. The van der Waals surface area contributed by atoms with Gasteiger partial charge in [-0.05, 0) is 56.9 Å². The van der Waals surface area contributed by atoms with Crippen LogP contribution in [0.5, 0.6) is 0 Å². The molecule has 1 aromatic carbocycles. The van der Waals surface area contributed by atoms with Crippen LogP contribution in [0.2, 0.25) is 0 Å². The van der Waals surface area contributed by atoms with Gasteiger partial charge in [-0.2, -0.15) is 4.31 Å². The zero-order valence-corrected chi connectivity index (χ0v) is 13.0.